The van der Waals surface area contributed by atoms with Gasteiger partial charge in [0.05, 0.1) is 16.8 Å². The first kappa shape index (κ1) is 20.3. The zero-order chi connectivity index (χ0) is 9.83. The molecule has 0 nitrogen and oxygen atoms in total. The summed E-state index contributed by atoms with van der Waals surface area (Å²) in [4.78, 5) is 0. The van der Waals surface area contributed by atoms with Gasteiger partial charge in [-0.25, -0.2) is 0 Å². The Labute approximate surface area is 103 Å². The fourth-order valence-electron chi connectivity index (χ4n) is 0.696. The molecular formula is C10H28B2S2. The van der Waals surface area contributed by atoms with Crippen LogP contribution in [0, 0.1) is 0 Å². The zero-order valence-corrected chi connectivity index (χ0v) is 10.9. The maximum atomic E-state index is 2.28. The maximum Gasteiger partial charge on any atom is 0.0814 e. The summed E-state index contributed by atoms with van der Waals surface area (Å²) in [6, 6.07) is 0. The molecule has 0 atom stereocenters. The highest BCUT2D eigenvalue weighted by Crippen LogP contribution is 2.28. The topological polar surface area (TPSA) is 0 Å². The van der Waals surface area contributed by atoms with E-state index in [4.69, 9.17) is 0 Å². The van der Waals surface area contributed by atoms with E-state index in [1.807, 2.05) is 0 Å². The molecule has 0 N–H and O–H groups in total. The van der Waals surface area contributed by atoms with Crippen molar-refractivity contribution in [3.05, 3.63) is 0 Å². The van der Waals surface area contributed by atoms with Gasteiger partial charge in [0.15, 0.2) is 0 Å². The molecule has 0 unspecified atom stereocenters. The van der Waals surface area contributed by atoms with Crippen LogP contribution >= 0.6 is 23.5 Å². The van der Waals surface area contributed by atoms with Crippen LogP contribution in [0.4, 0.5) is 0 Å². The van der Waals surface area contributed by atoms with Crippen LogP contribution in [0.5, 0.6) is 0 Å². The highest BCUT2D eigenvalue weighted by atomic mass is 32.2. The summed E-state index contributed by atoms with van der Waals surface area (Å²) in [7, 11) is 0. The molecule has 86 valence electrons. The molecule has 0 heterocycles. The number of hydrogen-bond acceptors (Lipinski definition) is 2. The summed E-state index contributed by atoms with van der Waals surface area (Å²) in [6.07, 6.45) is 0. The Balaban J connectivity index is -0.000000605. The van der Waals surface area contributed by atoms with Crippen LogP contribution in [0.15, 0.2) is 0 Å². The Morgan fingerprint density at radius 1 is 0.643 bits per heavy atom. The molecule has 0 aliphatic carbocycles. The van der Waals surface area contributed by atoms with Crippen molar-refractivity contribution in [2.24, 2.45) is 0 Å². The average molecular weight is 234 g/mol. The lowest BCUT2D eigenvalue weighted by Gasteiger charge is -2.20. The van der Waals surface area contributed by atoms with E-state index in [2.05, 4.69) is 65.1 Å². The SMILES string of the molecule is B.B.CC(C)(C)SCCSC(C)(C)C. The van der Waals surface area contributed by atoms with Gasteiger partial charge >= 0.3 is 0 Å². The minimum Gasteiger partial charge on any atom is -0.155 e. The van der Waals surface area contributed by atoms with E-state index >= 15 is 0 Å². The third kappa shape index (κ3) is 18.6. The van der Waals surface area contributed by atoms with Crippen molar-refractivity contribution >= 4 is 40.3 Å². The standard InChI is InChI=1S/C10H22S2.2BH3/c1-9(2,3)11-7-8-12-10(4,5)6;;/h7-8H2,1-6H3;2*1H3. The molecule has 0 radical (unpaired) electrons. The third-order valence-corrected chi connectivity index (χ3v) is 3.96. The molecule has 0 saturated heterocycles. The molecule has 0 aliphatic rings. The minimum atomic E-state index is 0. The Kier molecular flexibility index (Phi) is 11.6. The average Bonchev–Trinajstić information content (AvgIpc) is 1.76. The summed E-state index contributed by atoms with van der Waals surface area (Å²) in [6.45, 7) is 13.7. The molecule has 0 aromatic heterocycles. The quantitative estimate of drug-likeness (QED) is 0.538. The first-order valence-corrected chi connectivity index (χ1v) is 6.46. The van der Waals surface area contributed by atoms with Crippen LogP contribution in [0.1, 0.15) is 41.5 Å². The van der Waals surface area contributed by atoms with Crippen molar-refractivity contribution in [3.8, 4) is 0 Å². The first-order chi connectivity index (χ1) is 5.21. The molecule has 0 aromatic rings. The van der Waals surface area contributed by atoms with Crippen LogP contribution in [0.25, 0.3) is 0 Å². The molecule has 0 saturated carbocycles. The van der Waals surface area contributed by atoms with Gasteiger partial charge in [-0.2, -0.15) is 23.5 Å². The monoisotopic (exact) mass is 234 g/mol. The van der Waals surface area contributed by atoms with Crippen molar-refractivity contribution in [1.29, 1.82) is 0 Å². The van der Waals surface area contributed by atoms with Gasteiger partial charge < -0.3 is 0 Å². The summed E-state index contributed by atoms with van der Waals surface area (Å²) in [5.41, 5.74) is 0. The Bertz CT molecular complexity index is 109. The number of thioether (sulfide) groups is 2. The van der Waals surface area contributed by atoms with E-state index < -0.39 is 0 Å². The second kappa shape index (κ2) is 8.04. The van der Waals surface area contributed by atoms with Crippen LogP contribution < -0.4 is 0 Å². The smallest absolute Gasteiger partial charge is 0.0814 e. The second-order valence-electron chi connectivity index (χ2n) is 4.92. The van der Waals surface area contributed by atoms with Crippen molar-refractivity contribution in [2.45, 2.75) is 51.0 Å². The van der Waals surface area contributed by atoms with E-state index in [0.29, 0.717) is 9.49 Å². The van der Waals surface area contributed by atoms with E-state index in [9.17, 15) is 0 Å². The van der Waals surface area contributed by atoms with E-state index in [0.717, 1.165) is 0 Å². The fourth-order valence-corrected chi connectivity index (χ4v) is 2.59. The summed E-state index contributed by atoms with van der Waals surface area (Å²) in [5, 5.41) is 0. The summed E-state index contributed by atoms with van der Waals surface area (Å²) in [5.74, 6) is 2.54. The van der Waals surface area contributed by atoms with Gasteiger partial charge in [-0.3, -0.25) is 0 Å². The molecule has 0 rings (SSSR count). The van der Waals surface area contributed by atoms with Crippen LogP contribution in [-0.2, 0) is 0 Å². The van der Waals surface area contributed by atoms with E-state index in [1.54, 1.807) is 0 Å². The molecule has 0 spiro atoms. The Morgan fingerprint density at radius 2 is 0.857 bits per heavy atom. The predicted octanol–water partition coefficient (Wildman–Crippen LogP) is 1.68. The van der Waals surface area contributed by atoms with E-state index in [1.165, 1.54) is 11.5 Å². The van der Waals surface area contributed by atoms with Crippen molar-refractivity contribution in [3.63, 3.8) is 0 Å². The second-order valence-corrected chi connectivity index (χ2v) is 8.77. The highest BCUT2D eigenvalue weighted by Gasteiger charge is 2.13. The first-order valence-electron chi connectivity index (χ1n) is 4.49. The third-order valence-electron chi connectivity index (χ3n) is 1.15. The van der Waals surface area contributed by atoms with Crippen LogP contribution in [-0.4, -0.2) is 37.8 Å². The lowest BCUT2D eigenvalue weighted by molar-refractivity contribution is 0.799. The maximum absolute atomic E-state index is 2.28. The van der Waals surface area contributed by atoms with Gasteiger partial charge in [0.25, 0.3) is 0 Å². The molecule has 0 aliphatic heterocycles. The zero-order valence-electron chi connectivity index (χ0n) is 9.23. The van der Waals surface area contributed by atoms with Gasteiger partial charge in [0.1, 0.15) is 0 Å². The molecule has 14 heavy (non-hydrogen) atoms. The van der Waals surface area contributed by atoms with Gasteiger partial charge in [-0.1, -0.05) is 41.5 Å². The Morgan fingerprint density at radius 3 is 1.00 bits per heavy atom. The van der Waals surface area contributed by atoms with Crippen molar-refractivity contribution in [1.82, 2.24) is 0 Å². The van der Waals surface area contributed by atoms with Crippen molar-refractivity contribution < 1.29 is 0 Å². The summed E-state index contributed by atoms with van der Waals surface area (Å²) < 4.78 is 0.858. The molecule has 0 fully saturated rings. The largest absolute Gasteiger partial charge is 0.155 e. The lowest BCUT2D eigenvalue weighted by atomic mass is 10.3. The lowest BCUT2D eigenvalue weighted by Crippen LogP contribution is -2.12. The number of hydrogen-bond donors (Lipinski definition) is 0. The van der Waals surface area contributed by atoms with Gasteiger partial charge in [-0.05, 0) is 0 Å². The molecule has 4 heteroatoms. The summed E-state index contributed by atoms with van der Waals surface area (Å²) >= 11 is 4.11. The predicted molar refractivity (Wildman–Crippen MR) is 84.3 cm³/mol. The highest BCUT2D eigenvalue weighted by molar-refractivity contribution is 8.04. The van der Waals surface area contributed by atoms with Gasteiger partial charge in [0, 0.05) is 21.0 Å². The number of rotatable bonds is 3. The minimum absolute atomic E-state index is 0. The van der Waals surface area contributed by atoms with Crippen LogP contribution in [0.3, 0.4) is 0 Å². The molecule has 0 bridgehead atoms. The Hall–Kier alpha value is 0.830. The fraction of sp³-hybridized carbons (Fsp3) is 1.00. The van der Waals surface area contributed by atoms with Crippen molar-refractivity contribution in [2.75, 3.05) is 11.5 Å². The molecular weight excluding hydrogens is 206 g/mol. The van der Waals surface area contributed by atoms with Crippen LogP contribution in [0.2, 0.25) is 0 Å². The normalized spacial score (nSPS) is 11.6. The van der Waals surface area contributed by atoms with Gasteiger partial charge in [0.2, 0.25) is 0 Å². The van der Waals surface area contributed by atoms with Gasteiger partial charge in [-0.15, -0.1) is 0 Å². The van der Waals surface area contributed by atoms with E-state index in [-0.39, 0.29) is 16.8 Å². The molecule has 0 aromatic carbocycles. The molecule has 0 amide bonds.